The molecule has 17 heavy (non-hydrogen) atoms. The van der Waals surface area contributed by atoms with Gasteiger partial charge in [0.15, 0.2) is 5.78 Å². The summed E-state index contributed by atoms with van der Waals surface area (Å²) in [6, 6.07) is 7.84. The fourth-order valence-electron chi connectivity index (χ4n) is 2.24. The van der Waals surface area contributed by atoms with Gasteiger partial charge in [0.2, 0.25) is 0 Å². The molecule has 0 amide bonds. The standard InChI is InChI=1S/C14H19NO2/c15-7-4-11-2-1-3-13(10-11)14(16)12-5-8-17-9-6-12/h1-3,10,12H,4-9,15H2. The molecule has 1 aliphatic heterocycles. The Morgan fingerprint density at radius 3 is 2.82 bits per heavy atom. The first-order valence-electron chi connectivity index (χ1n) is 6.22. The molecular formula is C14H19NO2. The monoisotopic (exact) mass is 233 g/mol. The smallest absolute Gasteiger partial charge is 0.166 e. The lowest BCUT2D eigenvalue weighted by Crippen LogP contribution is -2.23. The third-order valence-electron chi connectivity index (χ3n) is 3.24. The summed E-state index contributed by atoms with van der Waals surface area (Å²) in [4.78, 5) is 12.3. The molecule has 2 rings (SSSR count). The molecule has 0 aromatic heterocycles. The number of ether oxygens (including phenoxy) is 1. The molecule has 0 unspecified atom stereocenters. The minimum absolute atomic E-state index is 0.136. The lowest BCUT2D eigenvalue weighted by Gasteiger charge is -2.21. The maximum absolute atomic E-state index is 12.3. The van der Waals surface area contributed by atoms with E-state index in [2.05, 4.69) is 0 Å². The molecule has 2 N–H and O–H groups in total. The van der Waals surface area contributed by atoms with Crippen LogP contribution >= 0.6 is 0 Å². The van der Waals surface area contributed by atoms with E-state index in [1.807, 2.05) is 24.3 Å². The van der Waals surface area contributed by atoms with Crippen LogP contribution in [0.1, 0.15) is 28.8 Å². The van der Waals surface area contributed by atoms with Crippen molar-refractivity contribution in [2.45, 2.75) is 19.3 Å². The van der Waals surface area contributed by atoms with Crippen molar-refractivity contribution in [2.75, 3.05) is 19.8 Å². The number of carbonyl (C=O) groups excluding carboxylic acids is 1. The van der Waals surface area contributed by atoms with Gasteiger partial charge in [0.25, 0.3) is 0 Å². The first kappa shape index (κ1) is 12.3. The van der Waals surface area contributed by atoms with Crippen molar-refractivity contribution in [2.24, 2.45) is 11.7 Å². The van der Waals surface area contributed by atoms with Gasteiger partial charge in [-0.15, -0.1) is 0 Å². The summed E-state index contributed by atoms with van der Waals surface area (Å²) >= 11 is 0. The second-order valence-corrected chi connectivity index (χ2v) is 4.49. The fourth-order valence-corrected chi connectivity index (χ4v) is 2.24. The minimum Gasteiger partial charge on any atom is -0.381 e. The second kappa shape index (κ2) is 5.94. The van der Waals surface area contributed by atoms with Gasteiger partial charge in [-0.25, -0.2) is 0 Å². The van der Waals surface area contributed by atoms with Gasteiger partial charge in [-0.05, 0) is 37.4 Å². The first-order chi connectivity index (χ1) is 8.31. The van der Waals surface area contributed by atoms with Crippen LogP contribution in [-0.4, -0.2) is 25.5 Å². The Morgan fingerprint density at radius 2 is 2.12 bits per heavy atom. The molecular weight excluding hydrogens is 214 g/mol. The van der Waals surface area contributed by atoms with E-state index in [9.17, 15) is 4.79 Å². The quantitative estimate of drug-likeness (QED) is 0.807. The molecule has 1 aromatic rings. The molecule has 1 heterocycles. The minimum atomic E-state index is 0.136. The number of rotatable bonds is 4. The number of benzene rings is 1. The maximum atomic E-state index is 12.3. The normalized spacial score (nSPS) is 17.0. The van der Waals surface area contributed by atoms with Crippen LogP contribution in [-0.2, 0) is 11.2 Å². The SMILES string of the molecule is NCCc1cccc(C(=O)C2CCOCC2)c1. The summed E-state index contributed by atoms with van der Waals surface area (Å²) in [7, 11) is 0. The Balaban J connectivity index is 2.09. The molecule has 0 atom stereocenters. The van der Waals surface area contributed by atoms with E-state index < -0.39 is 0 Å². The van der Waals surface area contributed by atoms with Gasteiger partial charge in [0.05, 0.1) is 0 Å². The average Bonchev–Trinajstić information content (AvgIpc) is 2.40. The van der Waals surface area contributed by atoms with E-state index in [1.54, 1.807) is 0 Å². The highest BCUT2D eigenvalue weighted by Crippen LogP contribution is 2.20. The van der Waals surface area contributed by atoms with Crippen LogP contribution in [0.5, 0.6) is 0 Å². The topological polar surface area (TPSA) is 52.3 Å². The molecule has 0 bridgehead atoms. The zero-order valence-corrected chi connectivity index (χ0v) is 10.0. The molecule has 1 aromatic carbocycles. The van der Waals surface area contributed by atoms with Crippen molar-refractivity contribution in [3.05, 3.63) is 35.4 Å². The molecule has 3 heteroatoms. The van der Waals surface area contributed by atoms with Crippen molar-refractivity contribution >= 4 is 5.78 Å². The molecule has 0 aliphatic carbocycles. The van der Waals surface area contributed by atoms with Crippen molar-refractivity contribution in [1.82, 2.24) is 0 Å². The average molecular weight is 233 g/mol. The van der Waals surface area contributed by atoms with Crippen molar-refractivity contribution in [3.63, 3.8) is 0 Å². The van der Waals surface area contributed by atoms with E-state index in [-0.39, 0.29) is 11.7 Å². The first-order valence-corrected chi connectivity index (χ1v) is 6.22. The predicted molar refractivity (Wildman–Crippen MR) is 67.1 cm³/mol. The maximum Gasteiger partial charge on any atom is 0.166 e. The van der Waals surface area contributed by atoms with Crippen LogP contribution in [0, 0.1) is 5.92 Å². The molecule has 0 radical (unpaired) electrons. The highest BCUT2D eigenvalue weighted by atomic mass is 16.5. The largest absolute Gasteiger partial charge is 0.381 e. The van der Waals surface area contributed by atoms with Gasteiger partial charge in [-0.2, -0.15) is 0 Å². The van der Waals surface area contributed by atoms with E-state index in [4.69, 9.17) is 10.5 Å². The van der Waals surface area contributed by atoms with Gasteiger partial charge >= 0.3 is 0 Å². The predicted octanol–water partition coefficient (Wildman–Crippen LogP) is 1.80. The van der Waals surface area contributed by atoms with Crippen LogP contribution in [0.15, 0.2) is 24.3 Å². The number of Topliss-reactive ketones (excluding diaryl/α,β-unsaturated/α-hetero) is 1. The summed E-state index contributed by atoms with van der Waals surface area (Å²) in [5, 5.41) is 0. The Bertz CT molecular complexity index is 384. The highest BCUT2D eigenvalue weighted by Gasteiger charge is 2.22. The third-order valence-corrected chi connectivity index (χ3v) is 3.24. The van der Waals surface area contributed by atoms with Gasteiger partial charge in [0.1, 0.15) is 0 Å². The molecule has 1 saturated heterocycles. The van der Waals surface area contributed by atoms with E-state index in [0.29, 0.717) is 19.8 Å². The van der Waals surface area contributed by atoms with Gasteiger partial charge in [-0.1, -0.05) is 18.2 Å². The Kier molecular flexibility index (Phi) is 4.29. The second-order valence-electron chi connectivity index (χ2n) is 4.49. The van der Waals surface area contributed by atoms with Crippen molar-refractivity contribution in [1.29, 1.82) is 0 Å². The fraction of sp³-hybridized carbons (Fsp3) is 0.500. The van der Waals surface area contributed by atoms with Crippen molar-refractivity contribution < 1.29 is 9.53 Å². The van der Waals surface area contributed by atoms with E-state index in [1.165, 1.54) is 0 Å². The summed E-state index contributed by atoms with van der Waals surface area (Å²) in [5.41, 5.74) is 7.49. The summed E-state index contributed by atoms with van der Waals surface area (Å²) in [6.45, 7) is 2.03. The van der Waals surface area contributed by atoms with Crippen LogP contribution < -0.4 is 5.73 Å². The molecule has 0 spiro atoms. The van der Waals surface area contributed by atoms with Crippen molar-refractivity contribution in [3.8, 4) is 0 Å². The zero-order valence-electron chi connectivity index (χ0n) is 10.0. The number of ketones is 1. The van der Waals surface area contributed by atoms with E-state index in [0.717, 1.165) is 30.4 Å². The number of hydrogen-bond donors (Lipinski definition) is 1. The molecule has 1 aliphatic rings. The Hall–Kier alpha value is -1.19. The summed E-state index contributed by atoms with van der Waals surface area (Å²) in [5.74, 6) is 0.393. The number of carbonyl (C=O) groups is 1. The molecule has 92 valence electrons. The van der Waals surface area contributed by atoms with Crippen LogP contribution in [0.2, 0.25) is 0 Å². The van der Waals surface area contributed by atoms with Gasteiger partial charge in [-0.3, -0.25) is 4.79 Å². The molecule has 0 saturated carbocycles. The Labute approximate surface area is 102 Å². The van der Waals surface area contributed by atoms with Gasteiger partial charge in [0, 0.05) is 24.7 Å². The van der Waals surface area contributed by atoms with E-state index >= 15 is 0 Å². The van der Waals surface area contributed by atoms with Crippen LogP contribution in [0.3, 0.4) is 0 Å². The summed E-state index contributed by atoms with van der Waals surface area (Å²) in [6.07, 6.45) is 2.52. The number of hydrogen-bond acceptors (Lipinski definition) is 3. The lowest BCUT2D eigenvalue weighted by atomic mass is 9.90. The zero-order chi connectivity index (χ0) is 12.1. The summed E-state index contributed by atoms with van der Waals surface area (Å²) < 4.78 is 5.28. The molecule has 1 fully saturated rings. The highest BCUT2D eigenvalue weighted by molar-refractivity contribution is 5.98. The molecule has 3 nitrogen and oxygen atoms in total. The Morgan fingerprint density at radius 1 is 1.35 bits per heavy atom. The van der Waals surface area contributed by atoms with Crippen LogP contribution in [0.4, 0.5) is 0 Å². The number of nitrogens with two attached hydrogens (primary N) is 1. The van der Waals surface area contributed by atoms with Gasteiger partial charge < -0.3 is 10.5 Å². The van der Waals surface area contributed by atoms with Crippen LogP contribution in [0.25, 0.3) is 0 Å². The lowest BCUT2D eigenvalue weighted by molar-refractivity contribution is 0.0545. The third kappa shape index (κ3) is 3.14.